The molecule has 0 unspecified atom stereocenters. The number of hydrogen-bond acceptors (Lipinski definition) is 4. The molecular formula is C22H26N2O3. The fourth-order valence-electron chi connectivity index (χ4n) is 3.54. The first-order chi connectivity index (χ1) is 13.2. The molecule has 2 aromatic rings. The van der Waals surface area contributed by atoms with E-state index in [0.717, 1.165) is 54.0 Å². The van der Waals surface area contributed by atoms with Gasteiger partial charge in [0.1, 0.15) is 6.17 Å². The highest BCUT2D eigenvalue weighted by atomic mass is 16.5. The summed E-state index contributed by atoms with van der Waals surface area (Å²) in [5.74, 6) is 1.55. The van der Waals surface area contributed by atoms with Gasteiger partial charge in [-0.15, -0.1) is 0 Å². The number of para-hydroxylation sites is 1. The Morgan fingerprint density at radius 2 is 1.96 bits per heavy atom. The van der Waals surface area contributed by atoms with Gasteiger partial charge in [0.2, 0.25) is 0 Å². The quantitative estimate of drug-likeness (QED) is 0.728. The minimum absolute atomic E-state index is 0.0983. The summed E-state index contributed by atoms with van der Waals surface area (Å²) in [5.41, 5.74) is 2.64. The normalized spacial score (nSPS) is 18.7. The molecule has 1 heterocycles. The zero-order chi connectivity index (χ0) is 18.8. The first-order valence-electron chi connectivity index (χ1n) is 9.72. The van der Waals surface area contributed by atoms with Gasteiger partial charge in [-0.1, -0.05) is 31.5 Å². The first kappa shape index (κ1) is 17.7. The third kappa shape index (κ3) is 3.46. The van der Waals surface area contributed by atoms with E-state index in [2.05, 4.69) is 12.2 Å². The van der Waals surface area contributed by atoms with Crippen LogP contribution < -0.4 is 14.8 Å². The molecule has 0 radical (unpaired) electrons. The minimum Gasteiger partial charge on any atom is -0.493 e. The van der Waals surface area contributed by atoms with Crippen LogP contribution in [0.4, 0.5) is 5.69 Å². The molecule has 2 aromatic carbocycles. The summed E-state index contributed by atoms with van der Waals surface area (Å²) in [6, 6.07) is 14.0. The summed E-state index contributed by atoms with van der Waals surface area (Å²) in [5, 5.41) is 3.56. The topological polar surface area (TPSA) is 50.8 Å². The molecule has 5 heteroatoms. The largest absolute Gasteiger partial charge is 0.493 e. The Morgan fingerprint density at radius 1 is 1.15 bits per heavy atom. The lowest BCUT2D eigenvalue weighted by Crippen LogP contribution is -2.44. The highest BCUT2D eigenvalue weighted by molar-refractivity contribution is 6.02. The second kappa shape index (κ2) is 7.51. The van der Waals surface area contributed by atoms with Crippen molar-refractivity contribution in [3.8, 4) is 11.5 Å². The summed E-state index contributed by atoms with van der Waals surface area (Å²) in [7, 11) is 1.65. The van der Waals surface area contributed by atoms with Crippen molar-refractivity contribution in [2.75, 3.05) is 19.0 Å². The molecule has 1 saturated carbocycles. The van der Waals surface area contributed by atoms with Crippen LogP contribution in [0.2, 0.25) is 0 Å². The van der Waals surface area contributed by atoms with E-state index < -0.39 is 0 Å². The highest BCUT2D eigenvalue weighted by Gasteiger charge is 2.42. The van der Waals surface area contributed by atoms with Gasteiger partial charge in [-0.05, 0) is 49.1 Å². The Morgan fingerprint density at radius 3 is 2.70 bits per heavy atom. The predicted octanol–water partition coefficient (Wildman–Crippen LogP) is 4.60. The maximum Gasteiger partial charge on any atom is 0.258 e. The number of fused-ring (bicyclic) bond motifs is 1. The average Bonchev–Trinajstić information content (AvgIpc) is 3.53. The SMILES string of the molecule is CCCCOc1cc([C@@H]2Nc3ccccc3C(=O)N2C2CC2)ccc1OC. The monoisotopic (exact) mass is 366 g/mol. The van der Waals surface area contributed by atoms with Gasteiger partial charge < -0.3 is 19.7 Å². The Hall–Kier alpha value is -2.69. The van der Waals surface area contributed by atoms with Crippen molar-refractivity contribution in [3.63, 3.8) is 0 Å². The number of carbonyl (C=O) groups excluding carboxylic acids is 1. The Labute approximate surface area is 160 Å². The number of unbranched alkanes of at least 4 members (excludes halogenated alkanes) is 1. The maximum absolute atomic E-state index is 13.1. The summed E-state index contributed by atoms with van der Waals surface area (Å²) in [6.45, 7) is 2.79. The Bertz CT molecular complexity index is 832. The third-order valence-electron chi connectivity index (χ3n) is 5.16. The van der Waals surface area contributed by atoms with E-state index in [1.165, 1.54) is 0 Å². The minimum atomic E-state index is -0.195. The number of rotatable bonds is 7. The fraction of sp³-hybridized carbons (Fsp3) is 0.409. The molecule has 1 amide bonds. The number of methoxy groups -OCH3 is 1. The summed E-state index contributed by atoms with van der Waals surface area (Å²) < 4.78 is 11.4. The van der Waals surface area contributed by atoms with Crippen LogP contribution in [-0.4, -0.2) is 30.6 Å². The van der Waals surface area contributed by atoms with Crippen LogP contribution >= 0.6 is 0 Å². The number of hydrogen-bond donors (Lipinski definition) is 1. The van der Waals surface area contributed by atoms with E-state index in [0.29, 0.717) is 12.6 Å². The molecule has 2 aliphatic rings. The number of benzene rings is 2. The predicted molar refractivity (Wildman–Crippen MR) is 105 cm³/mol. The van der Waals surface area contributed by atoms with Gasteiger partial charge >= 0.3 is 0 Å². The van der Waals surface area contributed by atoms with Crippen molar-refractivity contribution in [1.29, 1.82) is 0 Å². The summed E-state index contributed by atoms with van der Waals surface area (Å²) in [6.07, 6.45) is 3.99. The molecule has 1 aliphatic heterocycles. The van der Waals surface area contributed by atoms with Gasteiger partial charge in [-0.2, -0.15) is 0 Å². The number of ether oxygens (including phenoxy) is 2. The maximum atomic E-state index is 13.1. The van der Waals surface area contributed by atoms with Gasteiger partial charge in [0.15, 0.2) is 11.5 Å². The van der Waals surface area contributed by atoms with Crippen molar-refractivity contribution in [1.82, 2.24) is 4.90 Å². The first-order valence-corrected chi connectivity index (χ1v) is 9.72. The zero-order valence-corrected chi connectivity index (χ0v) is 15.9. The van der Waals surface area contributed by atoms with Crippen molar-refractivity contribution in [3.05, 3.63) is 53.6 Å². The van der Waals surface area contributed by atoms with Gasteiger partial charge in [0, 0.05) is 11.7 Å². The molecule has 142 valence electrons. The highest BCUT2D eigenvalue weighted by Crippen LogP contribution is 2.42. The van der Waals surface area contributed by atoms with Gasteiger partial charge in [0.25, 0.3) is 5.91 Å². The molecule has 1 fully saturated rings. The van der Waals surface area contributed by atoms with Gasteiger partial charge in [-0.3, -0.25) is 4.79 Å². The summed E-state index contributed by atoms with van der Waals surface area (Å²) in [4.78, 5) is 15.1. The van der Waals surface area contributed by atoms with E-state index >= 15 is 0 Å². The number of carbonyl (C=O) groups is 1. The van der Waals surface area contributed by atoms with Crippen LogP contribution in [0.1, 0.15) is 54.7 Å². The molecule has 0 saturated heterocycles. The molecule has 0 aromatic heterocycles. The molecule has 4 rings (SSSR count). The Kier molecular flexibility index (Phi) is 4.92. The van der Waals surface area contributed by atoms with Crippen LogP contribution in [0.5, 0.6) is 11.5 Å². The van der Waals surface area contributed by atoms with E-state index in [9.17, 15) is 4.79 Å². The van der Waals surface area contributed by atoms with Crippen molar-refractivity contribution in [2.45, 2.75) is 44.8 Å². The van der Waals surface area contributed by atoms with E-state index in [1.807, 2.05) is 47.4 Å². The molecule has 0 bridgehead atoms. The number of nitrogens with zero attached hydrogens (tertiary/aromatic N) is 1. The van der Waals surface area contributed by atoms with Crippen LogP contribution in [0.25, 0.3) is 0 Å². The van der Waals surface area contributed by atoms with E-state index in [-0.39, 0.29) is 12.1 Å². The lowest BCUT2D eigenvalue weighted by molar-refractivity contribution is 0.0666. The number of amides is 1. The van der Waals surface area contributed by atoms with Crippen molar-refractivity contribution in [2.24, 2.45) is 0 Å². The standard InChI is InChI=1S/C22H26N2O3/c1-3-4-13-27-20-14-15(9-12-19(20)26-2)21-23-18-8-6-5-7-17(18)22(25)24(21)16-10-11-16/h5-9,12,14,16,21,23H,3-4,10-11,13H2,1-2H3/t21-/m1/s1. The van der Waals surface area contributed by atoms with Crippen molar-refractivity contribution < 1.29 is 14.3 Å². The smallest absolute Gasteiger partial charge is 0.258 e. The lowest BCUT2D eigenvalue weighted by atomic mass is 10.0. The van der Waals surface area contributed by atoms with Crippen LogP contribution in [0.3, 0.4) is 0 Å². The summed E-state index contributed by atoms with van der Waals surface area (Å²) >= 11 is 0. The molecule has 0 spiro atoms. The third-order valence-corrected chi connectivity index (χ3v) is 5.16. The van der Waals surface area contributed by atoms with Crippen LogP contribution in [0, 0.1) is 0 Å². The fourth-order valence-corrected chi connectivity index (χ4v) is 3.54. The molecule has 1 N–H and O–H groups in total. The van der Waals surface area contributed by atoms with Crippen molar-refractivity contribution >= 4 is 11.6 Å². The second-order valence-electron chi connectivity index (χ2n) is 7.15. The molecule has 5 nitrogen and oxygen atoms in total. The van der Waals surface area contributed by atoms with Gasteiger partial charge in [0.05, 0.1) is 19.3 Å². The zero-order valence-electron chi connectivity index (χ0n) is 15.9. The van der Waals surface area contributed by atoms with Crippen LogP contribution in [0.15, 0.2) is 42.5 Å². The number of anilines is 1. The average molecular weight is 366 g/mol. The van der Waals surface area contributed by atoms with E-state index in [1.54, 1.807) is 7.11 Å². The molecular weight excluding hydrogens is 340 g/mol. The number of nitrogens with one attached hydrogen (secondary N) is 1. The molecule has 1 atom stereocenters. The molecule has 27 heavy (non-hydrogen) atoms. The Balaban J connectivity index is 1.68. The lowest BCUT2D eigenvalue weighted by Gasteiger charge is -2.38. The van der Waals surface area contributed by atoms with Gasteiger partial charge in [-0.25, -0.2) is 0 Å². The van der Waals surface area contributed by atoms with E-state index in [4.69, 9.17) is 9.47 Å². The van der Waals surface area contributed by atoms with Crippen LogP contribution in [-0.2, 0) is 0 Å². The second-order valence-corrected chi connectivity index (χ2v) is 7.15. The molecule has 1 aliphatic carbocycles.